The van der Waals surface area contributed by atoms with E-state index >= 15 is 0 Å². The average Bonchev–Trinajstić information content (AvgIpc) is 2.78. The van der Waals surface area contributed by atoms with Crippen LogP contribution in [0.25, 0.3) is 0 Å². The van der Waals surface area contributed by atoms with Crippen LogP contribution in [-0.4, -0.2) is 34.6 Å². The Kier molecular flexibility index (Phi) is 3.34. The maximum absolute atomic E-state index is 9.03. The SMILES string of the molecule is CCN1CCC(c2cccc(CO)n2)C1. The Balaban J connectivity index is 2.09. The Hall–Kier alpha value is -0.930. The van der Waals surface area contributed by atoms with Gasteiger partial charge in [-0.1, -0.05) is 13.0 Å². The molecule has 82 valence electrons. The lowest BCUT2D eigenvalue weighted by atomic mass is 10.0. The Morgan fingerprint density at radius 3 is 3.07 bits per heavy atom. The molecule has 1 N–H and O–H groups in total. The second-order valence-corrected chi connectivity index (χ2v) is 4.09. The van der Waals surface area contributed by atoms with Crippen molar-refractivity contribution < 1.29 is 5.11 Å². The summed E-state index contributed by atoms with van der Waals surface area (Å²) in [6.45, 7) is 5.64. The van der Waals surface area contributed by atoms with Gasteiger partial charge in [0.1, 0.15) is 0 Å². The van der Waals surface area contributed by atoms with Gasteiger partial charge in [0.2, 0.25) is 0 Å². The largest absolute Gasteiger partial charge is 0.390 e. The van der Waals surface area contributed by atoms with Gasteiger partial charge in [-0.2, -0.15) is 0 Å². The van der Waals surface area contributed by atoms with Crippen LogP contribution in [0.3, 0.4) is 0 Å². The van der Waals surface area contributed by atoms with E-state index in [1.165, 1.54) is 13.0 Å². The predicted molar refractivity (Wildman–Crippen MR) is 59.6 cm³/mol. The van der Waals surface area contributed by atoms with Gasteiger partial charge in [0.15, 0.2) is 0 Å². The van der Waals surface area contributed by atoms with E-state index in [1.54, 1.807) is 0 Å². The molecule has 15 heavy (non-hydrogen) atoms. The molecule has 3 heteroatoms. The van der Waals surface area contributed by atoms with Gasteiger partial charge in [-0.3, -0.25) is 4.98 Å². The zero-order valence-corrected chi connectivity index (χ0v) is 9.19. The van der Waals surface area contributed by atoms with E-state index in [0.717, 1.165) is 24.5 Å². The van der Waals surface area contributed by atoms with Gasteiger partial charge in [-0.25, -0.2) is 0 Å². The number of nitrogens with zero attached hydrogens (tertiary/aromatic N) is 2. The summed E-state index contributed by atoms with van der Waals surface area (Å²) in [6.07, 6.45) is 1.19. The summed E-state index contributed by atoms with van der Waals surface area (Å²) in [5.41, 5.74) is 1.92. The van der Waals surface area contributed by atoms with Gasteiger partial charge in [0.25, 0.3) is 0 Å². The van der Waals surface area contributed by atoms with Crippen LogP contribution in [0.5, 0.6) is 0 Å². The zero-order valence-electron chi connectivity index (χ0n) is 9.19. The molecular formula is C12H18N2O. The number of likely N-dealkylation sites (N-methyl/N-ethyl adjacent to an activating group) is 1. The van der Waals surface area contributed by atoms with E-state index in [9.17, 15) is 0 Å². The second kappa shape index (κ2) is 4.73. The summed E-state index contributed by atoms with van der Waals surface area (Å²) in [4.78, 5) is 6.91. The number of hydrogen-bond acceptors (Lipinski definition) is 3. The van der Waals surface area contributed by atoms with Crippen LogP contribution >= 0.6 is 0 Å². The molecule has 0 saturated carbocycles. The minimum absolute atomic E-state index is 0.0397. The van der Waals surface area contributed by atoms with Crippen LogP contribution in [-0.2, 0) is 6.61 Å². The summed E-state index contributed by atoms with van der Waals surface area (Å²) in [6, 6.07) is 5.93. The third-order valence-corrected chi connectivity index (χ3v) is 3.13. The maximum Gasteiger partial charge on any atom is 0.0853 e. The first-order chi connectivity index (χ1) is 7.33. The molecule has 0 bridgehead atoms. The van der Waals surface area contributed by atoms with E-state index in [2.05, 4.69) is 22.9 Å². The van der Waals surface area contributed by atoms with Gasteiger partial charge >= 0.3 is 0 Å². The first-order valence-electron chi connectivity index (χ1n) is 5.62. The summed E-state index contributed by atoms with van der Waals surface area (Å²) in [5, 5.41) is 9.03. The predicted octanol–water partition coefficient (Wildman–Crippen LogP) is 1.38. The van der Waals surface area contributed by atoms with Crippen molar-refractivity contribution in [3.63, 3.8) is 0 Å². The van der Waals surface area contributed by atoms with E-state index in [4.69, 9.17) is 5.11 Å². The summed E-state index contributed by atoms with van der Waals surface area (Å²) in [7, 11) is 0. The first-order valence-corrected chi connectivity index (χ1v) is 5.62. The Bertz CT molecular complexity index is 327. The van der Waals surface area contributed by atoms with Gasteiger partial charge in [-0.05, 0) is 31.6 Å². The van der Waals surface area contributed by atoms with E-state index in [1.807, 2.05) is 12.1 Å². The molecule has 3 nitrogen and oxygen atoms in total. The molecule has 1 saturated heterocycles. The van der Waals surface area contributed by atoms with Crippen LogP contribution in [0.1, 0.15) is 30.7 Å². The van der Waals surface area contributed by atoms with Crippen molar-refractivity contribution in [2.24, 2.45) is 0 Å². The molecule has 0 aromatic carbocycles. The molecule has 1 atom stereocenters. The Labute approximate surface area is 90.8 Å². The Morgan fingerprint density at radius 1 is 1.53 bits per heavy atom. The van der Waals surface area contributed by atoms with Crippen molar-refractivity contribution in [1.82, 2.24) is 9.88 Å². The number of rotatable bonds is 3. The van der Waals surface area contributed by atoms with Gasteiger partial charge in [0.05, 0.1) is 12.3 Å². The number of hydrogen-bond donors (Lipinski definition) is 1. The standard InChI is InChI=1S/C12H18N2O/c1-2-14-7-6-10(8-14)12-5-3-4-11(9-15)13-12/h3-5,10,15H,2,6-9H2,1H3. The maximum atomic E-state index is 9.03. The summed E-state index contributed by atoms with van der Waals surface area (Å²) < 4.78 is 0. The van der Waals surface area contributed by atoms with Crippen LogP contribution in [0.2, 0.25) is 0 Å². The van der Waals surface area contributed by atoms with Crippen molar-refractivity contribution in [1.29, 1.82) is 0 Å². The molecule has 1 unspecified atom stereocenters. The number of aromatic nitrogens is 1. The number of aliphatic hydroxyl groups is 1. The molecule has 1 aromatic rings. The van der Waals surface area contributed by atoms with Crippen molar-refractivity contribution >= 4 is 0 Å². The molecule has 1 fully saturated rings. The van der Waals surface area contributed by atoms with E-state index < -0.39 is 0 Å². The minimum Gasteiger partial charge on any atom is -0.390 e. The highest BCUT2D eigenvalue weighted by Crippen LogP contribution is 2.25. The van der Waals surface area contributed by atoms with Crippen molar-refractivity contribution in [2.75, 3.05) is 19.6 Å². The second-order valence-electron chi connectivity index (χ2n) is 4.09. The van der Waals surface area contributed by atoms with Crippen LogP contribution in [0.15, 0.2) is 18.2 Å². The minimum atomic E-state index is 0.0397. The fourth-order valence-electron chi connectivity index (χ4n) is 2.17. The molecule has 1 aliphatic heterocycles. The lowest BCUT2D eigenvalue weighted by Gasteiger charge is -2.13. The van der Waals surface area contributed by atoms with Crippen LogP contribution < -0.4 is 0 Å². The normalized spacial score (nSPS) is 22.1. The highest BCUT2D eigenvalue weighted by Gasteiger charge is 2.23. The van der Waals surface area contributed by atoms with Gasteiger partial charge in [0, 0.05) is 18.2 Å². The van der Waals surface area contributed by atoms with Crippen molar-refractivity contribution in [3.8, 4) is 0 Å². The quantitative estimate of drug-likeness (QED) is 0.811. The average molecular weight is 206 g/mol. The summed E-state index contributed by atoms with van der Waals surface area (Å²) in [5.74, 6) is 0.552. The van der Waals surface area contributed by atoms with Crippen molar-refractivity contribution in [2.45, 2.75) is 25.9 Å². The summed E-state index contributed by atoms with van der Waals surface area (Å²) >= 11 is 0. The third kappa shape index (κ3) is 2.36. The van der Waals surface area contributed by atoms with Crippen molar-refractivity contribution in [3.05, 3.63) is 29.6 Å². The molecular weight excluding hydrogens is 188 g/mol. The van der Waals surface area contributed by atoms with Crippen LogP contribution in [0, 0.1) is 0 Å². The molecule has 1 aromatic heterocycles. The third-order valence-electron chi connectivity index (χ3n) is 3.13. The zero-order chi connectivity index (χ0) is 10.7. The number of aliphatic hydroxyl groups excluding tert-OH is 1. The van der Waals surface area contributed by atoms with Crippen LogP contribution in [0.4, 0.5) is 0 Å². The molecule has 0 amide bonds. The molecule has 0 aliphatic carbocycles. The number of pyridine rings is 1. The van der Waals surface area contributed by atoms with Gasteiger partial charge < -0.3 is 10.0 Å². The molecule has 0 radical (unpaired) electrons. The fourth-order valence-corrected chi connectivity index (χ4v) is 2.17. The molecule has 2 rings (SSSR count). The first kappa shape index (κ1) is 10.6. The van der Waals surface area contributed by atoms with E-state index in [-0.39, 0.29) is 6.61 Å². The monoisotopic (exact) mass is 206 g/mol. The molecule has 1 aliphatic rings. The number of likely N-dealkylation sites (tertiary alicyclic amines) is 1. The lowest BCUT2D eigenvalue weighted by Crippen LogP contribution is -2.19. The highest BCUT2D eigenvalue weighted by molar-refractivity contribution is 5.16. The topological polar surface area (TPSA) is 36.4 Å². The van der Waals surface area contributed by atoms with Gasteiger partial charge in [-0.15, -0.1) is 0 Å². The molecule has 2 heterocycles. The van der Waals surface area contributed by atoms with E-state index in [0.29, 0.717) is 5.92 Å². The lowest BCUT2D eigenvalue weighted by molar-refractivity contribution is 0.276. The smallest absolute Gasteiger partial charge is 0.0853 e. The fraction of sp³-hybridized carbons (Fsp3) is 0.583. The highest BCUT2D eigenvalue weighted by atomic mass is 16.3. The molecule has 0 spiro atoms. The Morgan fingerprint density at radius 2 is 2.40 bits per heavy atom.